The Morgan fingerprint density at radius 1 is 1.40 bits per heavy atom. The molecule has 0 saturated heterocycles. The summed E-state index contributed by atoms with van der Waals surface area (Å²) in [4.78, 5) is 25.0. The fourth-order valence-electron chi connectivity index (χ4n) is 2.90. The van der Waals surface area contributed by atoms with Gasteiger partial charge in [0.25, 0.3) is 5.91 Å². The van der Waals surface area contributed by atoms with Gasteiger partial charge in [0.2, 0.25) is 0 Å². The normalized spacial score (nSPS) is 20.2. The molecule has 2 rings (SSSR count). The molecule has 0 aromatic carbocycles. The van der Waals surface area contributed by atoms with E-state index in [4.69, 9.17) is 4.74 Å². The summed E-state index contributed by atoms with van der Waals surface area (Å²) in [5, 5.41) is 14.6. The number of carbonyl (C=O) groups is 2. The van der Waals surface area contributed by atoms with Crippen molar-refractivity contribution < 1.29 is 23.8 Å². The highest BCUT2D eigenvalue weighted by atomic mass is 127. The highest BCUT2D eigenvalue weighted by molar-refractivity contribution is 14.2. The van der Waals surface area contributed by atoms with Crippen LogP contribution in [0.4, 0.5) is 9.18 Å². The van der Waals surface area contributed by atoms with Crippen molar-refractivity contribution in [3.63, 3.8) is 0 Å². The average molecular weight is 533 g/mol. The Labute approximate surface area is 182 Å². The minimum Gasteiger partial charge on any atom is -0.508 e. The SMILES string of the molecule is C=C(/C=C\C(O)=C/C)NC(=O)N[C@H](CCOC)C(=O)NI1=CC2=C(C=1)CC(F)CC2. The molecule has 0 fully saturated rings. The molecule has 0 bridgehead atoms. The van der Waals surface area contributed by atoms with Gasteiger partial charge in [0.1, 0.15) is 18.0 Å². The van der Waals surface area contributed by atoms with Crippen molar-refractivity contribution >= 4 is 39.1 Å². The van der Waals surface area contributed by atoms with Gasteiger partial charge in [-0.1, -0.05) is 6.58 Å². The minimum absolute atomic E-state index is 0.0424. The second-order valence-corrected chi connectivity index (χ2v) is 10.7. The summed E-state index contributed by atoms with van der Waals surface area (Å²) in [6.07, 6.45) is 5.50. The van der Waals surface area contributed by atoms with Crippen molar-refractivity contribution in [2.24, 2.45) is 0 Å². The lowest BCUT2D eigenvalue weighted by atomic mass is 9.93. The molecule has 1 aliphatic carbocycles. The van der Waals surface area contributed by atoms with E-state index in [0.29, 0.717) is 32.3 Å². The maximum atomic E-state index is 13.6. The Balaban J connectivity index is 1.95. The first-order chi connectivity index (χ1) is 14.3. The quantitative estimate of drug-likeness (QED) is 0.158. The molecule has 0 radical (unpaired) electrons. The van der Waals surface area contributed by atoms with E-state index in [1.165, 1.54) is 25.3 Å². The standard InChI is InChI=1S/C21H29FIN3O4/c1-4-18(27)8-5-14(2)24-21(29)25-19(9-10-30-3)20(28)26-23-12-15-6-7-17(22)11-16(15)13-23/h4-5,8,12-13,17,19,27H,2,6-7,9-11H2,1,3H3,(H,26,28)(H2,24,25,29)/b8-5-,18-4+/t17?,19-/m1/s1. The lowest BCUT2D eigenvalue weighted by molar-refractivity contribution is -0.121. The van der Waals surface area contributed by atoms with Crippen LogP contribution in [-0.2, 0) is 9.53 Å². The largest absolute Gasteiger partial charge is 0.508 e. The number of ether oxygens (including phenoxy) is 1. The van der Waals surface area contributed by atoms with Gasteiger partial charge < -0.3 is 24.0 Å². The second kappa shape index (κ2) is 11.9. The van der Waals surface area contributed by atoms with Gasteiger partial charge in [-0.2, -0.15) is 0 Å². The number of rotatable bonds is 9. The van der Waals surface area contributed by atoms with Crippen molar-refractivity contribution in [2.45, 2.75) is 44.8 Å². The molecule has 3 amide bonds. The van der Waals surface area contributed by atoms with E-state index in [0.717, 1.165) is 11.1 Å². The molecular formula is C21H29FIN3O4. The highest BCUT2D eigenvalue weighted by Crippen LogP contribution is 2.31. The first-order valence-electron chi connectivity index (χ1n) is 9.64. The van der Waals surface area contributed by atoms with Crippen molar-refractivity contribution in [3.8, 4) is 0 Å². The molecule has 0 aromatic heterocycles. The summed E-state index contributed by atoms with van der Waals surface area (Å²) in [5.74, 6) is -0.245. The van der Waals surface area contributed by atoms with E-state index in [1.807, 2.05) is 4.01 Å². The van der Waals surface area contributed by atoms with Crippen LogP contribution in [0.25, 0.3) is 0 Å². The van der Waals surface area contributed by atoms with Crippen molar-refractivity contribution in [1.82, 2.24) is 14.2 Å². The molecular weight excluding hydrogens is 504 g/mol. The Kier molecular flexibility index (Phi) is 9.57. The number of alkyl halides is 1. The van der Waals surface area contributed by atoms with Crippen LogP contribution >= 0.6 is 19.1 Å². The summed E-state index contributed by atoms with van der Waals surface area (Å²) in [7, 11) is 1.52. The van der Waals surface area contributed by atoms with E-state index in [1.54, 1.807) is 6.92 Å². The summed E-state index contributed by atoms with van der Waals surface area (Å²) in [6, 6.07) is -1.36. The molecule has 0 saturated carbocycles. The fourth-order valence-corrected chi connectivity index (χ4v) is 7.36. The molecule has 30 heavy (non-hydrogen) atoms. The third-order valence-electron chi connectivity index (χ3n) is 4.54. The first kappa shape index (κ1) is 24.1. The number of hydrogen-bond acceptors (Lipinski definition) is 4. The minimum atomic E-state index is -2.03. The molecule has 2 atom stereocenters. The first-order valence-corrected chi connectivity index (χ1v) is 13.2. The zero-order chi connectivity index (χ0) is 22.1. The number of nitrogens with one attached hydrogen (secondary N) is 3. The Morgan fingerprint density at radius 3 is 2.83 bits per heavy atom. The van der Waals surface area contributed by atoms with E-state index < -0.39 is 37.4 Å². The number of halogens is 2. The lowest BCUT2D eigenvalue weighted by Crippen LogP contribution is -2.48. The molecule has 166 valence electrons. The van der Waals surface area contributed by atoms with Crippen molar-refractivity contribution in [2.75, 3.05) is 13.7 Å². The molecule has 7 nitrogen and oxygen atoms in total. The second-order valence-electron chi connectivity index (χ2n) is 6.92. The molecule has 1 unspecified atom stereocenters. The third-order valence-corrected chi connectivity index (χ3v) is 8.54. The van der Waals surface area contributed by atoms with Crippen LogP contribution in [0.15, 0.2) is 47.4 Å². The summed E-state index contributed by atoms with van der Waals surface area (Å²) in [5.41, 5.74) is 2.43. The predicted octanol–water partition coefficient (Wildman–Crippen LogP) is 3.20. The zero-order valence-electron chi connectivity index (χ0n) is 17.2. The number of aliphatic hydroxyl groups excluding tert-OH is 1. The lowest BCUT2D eigenvalue weighted by Gasteiger charge is -2.18. The molecule has 0 aromatic rings. The number of aliphatic hydroxyl groups is 1. The number of methoxy groups -OCH3 is 1. The summed E-state index contributed by atoms with van der Waals surface area (Å²) < 4.78 is 25.8. The van der Waals surface area contributed by atoms with Crippen LogP contribution in [-0.4, -0.2) is 51.0 Å². The van der Waals surface area contributed by atoms with Crippen LogP contribution < -0.4 is 14.2 Å². The third kappa shape index (κ3) is 7.60. The van der Waals surface area contributed by atoms with E-state index in [2.05, 4.69) is 24.8 Å². The van der Waals surface area contributed by atoms with Crippen LogP contribution in [0.3, 0.4) is 0 Å². The van der Waals surface area contributed by atoms with Gasteiger partial charge in [-0.05, 0) is 76.3 Å². The van der Waals surface area contributed by atoms with Crippen LogP contribution in [0.1, 0.15) is 32.6 Å². The van der Waals surface area contributed by atoms with Gasteiger partial charge in [0.15, 0.2) is 0 Å². The fraction of sp³-hybridized carbons (Fsp3) is 0.429. The summed E-state index contributed by atoms with van der Waals surface area (Å²) in [6.45, 7) is 5.66. The van der Waals surface area contributed by atoms with Gasteiger partial charge in [-0.15, -0.1) is 0 Å². The van der Waals surface area contributed by atoms with E-state index in [-0.39, 0.29) is 17.4 Å². The Morgan fingerprint density at radius 2 is 2.13 bits per heavy atom. The topological polar surface area (TPSA) is 99.7 Å². The van der Waals surface area contributed by atoms with Crippen LogP contribution in [0.2, 0.25) is 0 Å². The average Bonchev–Trinajstić information content (AvgIpc) is 3.10. The molecule has 1 heterocycles. The monoisotopic (exact) mass is 533 g/mol. The molecule has 0 spiro atoms. The van der Waals surface area contributed by atoms with E-state index >= 15 is 0 Å². The molecule has 9 heteroatoms. The van der Waals surface area contributed by atoms with Gasteiger partial charge in [-0.3, -0.25) is 4.79 Å². The molecule has 1 aliphatic heterocycles. The zero-order valence-corrected chi connectivity index (χ0v) is 19.4. The number of amides is 3. The Bertz CT molecular complexity index is 869. The van der Waals surface area contributed by atoms with Crippen LogP contribution in [0.5, 0.6) is 0 Å². The number of hydrogen-bond donors (Lipinski definition) is 4. The highest BCUT2D eigenvalue weighted by Gasteiger charge is 2.24. The molecule has 4 N–H and O–H groups in total. The maximum Gasteiger partial charge on any atom is 0.319 e. The van der Waals surface area contributed by atoms with Crippen LogP contribution in [0, 0.1) is 0 Å². The van der Waals surface area contributed by atoms with Gasteiger partial charge in [0.05, 0.1) is 0 Å². The number of carbonyl (C=O) groups excluding carboxylic acids is 2. The van der Waals surface area contributed by atoms with Crippen molar-refractivity contribution in [1.29, 1.82) is 0 Å². The van der Waals surface area contributed by atoms with Gasteiger partial charge >= 0.3 is 6.03 Å². The smallest absolute Gasteiger partial charge is 0.319 e. The van der Waals surface area contributed by atoms with E-state index in [9.17, 15) is 19.1 Å². The molecule has 2 aliphatic rings. The van der Waals surface area contributed by atoms with Gasteiger partial charge in [0, 0.05) is 32.3 Å². The Hall–Kier alpha value is -2.14. The predicted molar refractivity (Wildman–Crippen MR) is 127 cm³/mol. The van der Waals surface area contributed by atoms with Gasteiger partial charge in [-0.25, -0.2) is 9.18 Å². The summed E-state index contributed by atoms with van der Waals surface area (Å²) >= 11 is -2.03. The number of urea groups is 1. The number of allylic oxidation sites excluding steroid dienone is 5. The van der Waals surface area contributed by atoms with Crippen molar-refractivity contribution in [3.05, 3.63) is 47.4 Å². The maximum absolute atomic E-state index is 13.6.